The molecule has 0 amide bonds. The first-order valence-corrected chi connectivity index (χ1v) is 4.36. The van der Waals surface area contributed by atoms with Crippen molar-refractivity contribution >= 4 is 5.78 Å². The molecule has 0 saturated carbocycles. The number of nitrogens with one attached hydrogen (secondary N) is 1. The largest absolute Gasteiger partial charge is 0.314 e. The summed E-state index contributed by atoms with van der Waals surface area (Å²) < 4.78 is 0. The first kappa shape index (κ1) is 7.15. The lowest BCUT2D eigenvalue weighted by Crippen LogP contribution is -2.60. The summed E-state index contributed by atoms with van der Waals surface area (Å²) in [7, 11) is 0. The summed E-state index contributed by atoms with van der Waals surface area (Å²) in [5, 5.41) is 3.13. The van der Waals surface area contributed by atoms with Crippen LogP contribution in [0.2, 0.25) is 0 Å². The van der Waals surface area contributed by atoms with Crippen LogP contribution >= 0.6 is 0 Å². The molecular weight excluding hydrogens is 166 g/mol. The van der Waals surface area contributed by atoms with Gasteiger partial charge in [0.05, 0.1) is 11.1 Å². The van der Waals surface area contributed by atoms with Crippen molar-refractivity contribution in [3.8, 4) is 0 Å². The summed E-state index contributed by atoms with van der Waals surface area (Å²) in [6, 6.07) is 0. The van der Waals surface area contributed by atoms with Crippen LogP contribution in [0.5, 0.6) is 0 Å². The monoisotopic (exact) mass is 175 g/mol. The van der Waals surface area contributed by atoms with E-state index in [1.807, 2.05) is 0 Å². The Morgan fingerprint density at radius 1 is 1.46 bits per heavy atom. The van der Waals surface area contributed by atoms with Crippen LogP contribution in [0, 0.1) is 0 Å². The Bertz CT molecular complexity index is 384. The average molecular weight is 175 g/mol. The van der Waals surface area contributed by atoms with E-state index in [1.165, 1.54) is 6.33 Å². The lowest BCUT2D eigenvalue weighted by Gasteiger charge is -2.37. The van der Waals surface area contributed by atoms with E-state index in [0.717, 1.165) is 24.3 Å². The minimum Gasteiger partial charge on any atom is -0.314 e. The first-order valence-electron chi connectivity index (χ1n) is 4.36. The molecule has 1 aliphatic heterocycles. The van der Waals surface area contributed by atoms with Crippen LogP contribution < -0.4 is 5.32 Å². The summed E-state index contributed by atoms with van der Waals surface area (Å²) in [6.07, 6.45) is 3.79. The highest BCUT2D eigenvalue weighted by atomic mass is 16.1. The first-order chi connectivity index (χ1) is 6.33. The molecule has 1 saturated heterocycles. The van der Waals surface area contributed by atoms with Gasteiger partial charge in [0, 0.05) is 31.3 Å². The molecule has 4 nitrogen and oxygen atoms in total. The molecule has 0 radical (unpaired) electrons. The molecule has 0 unspecified atom stereocenters. The van der Waals surface area contributed by atoms with Crippen molar-refractivity contribution in [2.24, 2.45) is 0 Å². The smallest absolute Gasteiger partial charge is 0.152 e. The Kier molecular flexibility index (Phi) is 1.18. The zero-order valence-corrected chi connectivity index (χ0v) is 7.08. The normalized spacial score (nSPS) is 22.9. The van der Waals surface area contributed by atoms with Gasteiger partial charge in [-0.05, 0) is 0 Å². The maximum atomic E-state index is 11.7. The predicted molar refractivity (Wildman–Crippen MR) is 45.3 cm³/mol. The number of aromatic nitrogens is 2. The van der Waals surface area contributed by atoms with Crippen molar-refractivity contribution in [3.63, 3.8) is 0 Å². The Morgan fingerprint density at radius 3 is 3.00 bits per heavy atom. The van der Waals surface area contributed by atoms with E-state index in [-0.39, 0.29) is 5.41 Å². The van der Waals surface area contributed by atoms with Crippen LogP contribution in [-0.4, -0.2) is 28.8 Å². The van der Waals surface area contributed by atoms with Crippen LogP contribution in [0.1, 0.15) is 11.3 Å². The second-order valence-electron chi connectivity index (χ2n) is 3.68. The topological polar surface area (TPSA) is 54.9 Å². The number of rotatable bonds is 0. The van der Waals surface area contributed by atoms with Crippen molar-refractivity contribution in [1.29, 1.82) is 0 Å². The Morgan fingerprint density at radius 2 is 2.31 bits per heavy atom. The highest BCUT2D eigenvalue weighted by Gasteiger charge is 2.51. The number of carbonyl (C=O) groups excluding carboxylic acids is 1. The molecule has 1 aromatic heterocycles. The molecule has 1 aliphatic carbocycles. The van der Waals surface area contributed by atoms with E-state index in [0.29, 0.717) is 12.2 Å². The van der Waals surface area contributed by atoms with E-state index < -0.39 is 0 Å². The van der Waals surface area contributed by atoms with Crippen molar-refractivity contribution in [2.75, 3.05) is 13.1 Å². The molecule has 1 spiro atoms. The molecule has 2 heterocycles. The fourth-order valence-electron chi connectivity index (χ4n) is 2.13. The number of nitrogens with zero attached hydrogens (tertiary/aromatic N) is 2. The molecule has 1 N–H and O–H groups in total. The fourth-order valence-corrected chi connectivity index (χ4v) is 2.13. The average Bonchev–Trinajstić information content (AvgIpc) is 2.35. The maximum absolute atomic E-state index is 11.7. The van der Waals surface area contributed by atoms with Gasteiger partial charge < -0.3 is 5.32 Å². The van der Waals surface area contributed by atoms with E-state index in [2.05, 4.69) is 15.3 Å². The molecule has 13 heavy (non-hydrogen) atoms. The predicted octanol–water partition coefficient (Wildman–Crippen LogP) is -0.557. The van der Waals surface area contributed by atoms with Gasteiger partial charge in [0.2, 0.25) is 0 Å². The van der Waals surface area contributed by atoms with E-state index >= 15 is 0 Å². The van der Waals surface area contributed by atoms with Gasteiger partial charge in [-0.1, -0.05) is 0 Å². The van der Waals surface area contributed by atoms with Crippen LogP contribution in [0.25, 0.3) is 0 Å². The molecule has 4 heteroatoms. The molecular formula is C9H9N3O. The number of hydrogen-bond donors (Lipinski definition) is 1. The lowest BCUT2D eigenvalue weighted by molar-refractivity contribution is -0.124. The van der Waals surface area contributed by atoms with Crippen LogP contribution in [0.3, 0.4) is 0 Å². The number of Topliss-reactive ketones (excluding diaryl/α,β-unsaturated/α-hetero) is 1. The van der Waals surface area contributed by atoms with Gasteiger partial charge >= 0.3 is 0 Å². The molecule has 0 atom stereocenters. The van der Waals surface area contributed by atoms with Gasteiger partial charge in [-0.25, -0.2) is 9.97 Å². The van der Waals surface area contributed by atoms with Crippen molar-refractivity contribution in [1.82, 2.24) is 15.3 Å². The number of hydrogen-bond acceptors (Lipinski definition) is 4. The van der Waals surface area contributed by atoms with Gasteiger partial charge in [-0.3, -0.25) is 4.79 Å². The van der Waals surface area contributed by atoms with Crippen LogP contribution in [-0.2, 0) is 16.6 Å². The Hall–Kier alpha value is -1.29. The summed E-state index contributed by atoms with van der Waals surface area (Å²) in [6.45, 7) is 1.49. The third kappa shape index (κ3) is 0.715. The highest BCUT2D eigenvalue weighted by Crippen LogP contribution is 2.36. The molecule has 0 aromatic carbocycles. The SMILES string of the molecule is O=C1Cc2cncnc2C12CNC2. The minimum absolute atomic E-state index is 0.293. The third-order valence-corrected chi connectivity index (χ3v) is 2.98. The quantitative estimate of drug-likeness (QED) is 0.574. The summed E-state index contributed by atoms with van der Waals surface area (Å²) in [4.78, 5) is 19.9. The number of ketones is 1. The van der Waals surface area contributed by atoms with Crippen LogP contribution in [0.15, 0.2) is 12.5 Å². The third-order valence-electron chi connectivity index (χ3n) is 2.98. The van der Waals surface area contributed by atoms with E-state index in [1.54, 1.807) is 6.20 Å². The molecule has 1 aromatic rings. The molecule has 66 valence electrons. The lowest BCUT2D eigenvalue weighted by atomic mass is 9.78. The minimum atomic E-state index is -0.293. The number of carbonyl (C=O) groups is 1. The Labute approximate surface area is 75.4 Å². The van der Waals surface area contributed by atoms with Gasteiger partial charge in [0.1, 0.15) is 6.33 Å². The van der Waals surface area contributed by atoms with Gasteiger partial charge in [0.15, 0.2) is 5.78 Å². The van der Waals surface area contributed by atoms with Crippen molar-refractivity contribution < 1.29 is 4.79 Å². The second-order valence-corrected chi connectivity index (χ2v) is 3.68. The zero-order valence-electron chi connectivity index (χ0n) is 7.08. The Balaban J connectivity index is 2.20. The molecule has 1 fully saturated rings. The van der Waals surface area contributed by atoms with E-state index in [4.69, 9.17) is 0 Å². The molecule has 3 rings (SSSR count). The van der Waals surface area contributed by atoms with Crippen molar-refractivity contribution in [3.05, 3.63) is 23.8 Å². The second kappa shape index (κ2) is 2.14. The fraction of sp³-hybridized carbons (Fsp3) is 0.444. The highest BCUT2D eigenvalue weighted by molar-refractivity contribution is 5.97. The molecule has 0 bridgehead atoms. The number of fused-ring (bicyclic) bond motifs is 2. The van der Waals surface area contributed by atoms with Gasteiger partial charge in [-0.2, -0.15) is 0 Å². The summed E-state index contributed by atoms with van der Waals surface area (Å²) in [5.41, 5.74) is 1.67. The van der Waals surface area contributed by atoms with Gasteiger partial charge in [-0.15, -0.1) is 0 Å². The zero-order chi connectivity index (χ0) is 8.89. The van der Waals surface area contributed by atoms with Gasteiger partial charge in [0.25, 0.3) is 0 Å². The molecule has 2 aliphatic rings. The van der Waals surface area contributed by atoms with E-state index in [9.17, 15) is 4.79 Å². The summed E-state index contributed by atoms with van der Waals surface area (Å²) in [5.74, 6) is 0.293. The summed E-state index contributed by atoms with van der Waals surface area (Å²) >= 11 is 0. The standard InChI is InChI=1S/C9H9N3O/c13-7-1-6-2-10-5-12-8(6)9(7)3-11-4-9/h2,5,11H,1,3-4H2. The van der Waals surface area contributed by atoms with Crippen LogP contribution in [0.4, 0.5) is 0 Å². The maximum Gasteiger partial charge on any atom is 0.152 e. The van der Waals surface area contributed by atoms with Crippen molar-refractivity contribution in [2.45, 2.75) is 11.8 Å².